The molecule has 0 unspecified atom stereocenters. The number of hydrogen-bond donors (Lipinski definition) is 1. The van der Waals surface area contributed by atoms with E-state index < -0.39 is 5.69 Å². The summed E-state index contributed by atoms with van der Waals surface area (Å²) < 4.78 is 19.6. The number of H-pyrrole nitrogens is 1. The van der Waals surface area contributed by atoms with E-state index in [2.05, 4.69) is 14.9 Å². The van der Waals surface area contributed by atoms with E-state index in [-0.39, 0.29) is 5.56 Å². The summed E-state index contributed by atoms with van der Waals surface area (Å²) in [4.78, 5) is 35.6. The lowest BCUT2D eigenvalue weighted by atomic mass is 9.86. The first kappa shape index (κ1) is 23.1. The van der Waals surface area contributed by atoms with E-state index in [1.54, 1.807) is 26.5 Å². The fourth-order valence-electron chi connectivity index (χ4n) is 5.62. The van der Waals surface area contributed by atoms with Crippen molar-refractivity contribution in [2.75, 3.05) is 40.5 Å². The first-order valence-electron chi connectivity index (χ1n) is 12.2. The zero-order valence-corrected chi connectivity index (χ0v) is 21.1. The van der Waals surface area contributed by atoms with E-state index in [0.717, 1.165) is 55.3 Å². The molecule has 0 radical (unpaired) electrons. The first-order chi connectivity index (χ1) is 17.6. The van der Waals surface area contributed by atoms with Crippen molar-refractivity contribution in [3.8, 4) is 17.2 Å². The minimum atomic E-state index is -0.398. The molecule has 2 atom stereocenters. The molecule has 1 saturated heterocycles. The summed E-state index contributed by atoms with van der Waals surface area (Å²) in [7, 11) is 3.29. The molecule has 0 bridgehead atoms. The van der Waals surface area contributed by atoms with Gasteiger partial charge >= 0.3 is 5.69 Å². The van der Waals surface area contributed by atoms with Gasteiger partial charge in [0.05, 0.1) is 31.0 Å². The zero-order valence-electron chi connectivity index (χ0n) is 20.3. The number of likely N-dealkylation sites (tertiary alicyclic amines) is 1. The second-order valence-electron chi connectivity index (χ2n) is 9.40. The quantitative estimate of drug-likeness (QED) is 0.383. The normalized spacial score (nSPS) is 19.3. The molecule has 1 aromatic carbocycles. The van der Waals surface area contributed by atoms with Gasteiger partial charge in [-0.15, -0.1) is 11.3 Å². The van der Waals surface area contributed by atoms with E-state index in [0.29, 0.717) is 39.9 Å². The maximum absolute atomic E-state index is 13.2. The predicted octanol–water partition coefficient (Wildman–Crippen LogP) is 3.20. The van der Waals surface area contributed by atoms with Gasteiger partial charge in [-0.1, -0.05) is 6.07 Å². The molecular formula is C26H28N4O5S. The van der Waals surface area contributed by atoms with E-state index >= 15 is 0 Å². The van der Waals surface area contributed by atoms with Gasteiger partial charge in [-0.25, -0.2) is 4.79 Å². The van der Waals surface area contributed by atoms with Crippen LogP contribution in [0.1, 0.15) is 24.3 Å². The number of pyridine rings is 1. The summed E-state index contributed by atoms with van der Waals surface area (Å²) in [5, 5.41) is 0. The SMILES string of the molecule is COc1cccc2c1[C@@H]1CN(CCCCn3c(=O)[nH]c4c(sc5c(OC)ccnc54)c3=O)C[C@H]1CO2. The number of rotatable bonds is 7. The van der Waals surface area contributed by atoms with Crippen LogP contribution in [0.5, 0.6) is 17.2 Å². The standard InChI is InChI=1S/C26H28N4O5S/c1-33-17-6-5-7-18-20(17)16-13-29(12-15(16)14-35-18)10-3-4-11-30-25(31)24-22(28-26(30)32)21-23(36-24)19(34-2)8-9-27-21/h5-9,15-16H,3-4,10-14H2,1-2H3,(H,28,32)/t15-,16+/m0/s1. The van der Waals surface area contributed by atoms with Gasteiger partial charge in [-0.05, 0) is 37.6 Å². The molecule has 0 aliphatic carbocycles. The topological polar surface area (TPSA) is 98.7 Å². The molecule has 0 saturated carbocycles. The van der Waals surface area contributed by atoms with Gasteiger partial charge in [0.2, 0.25) is 0 Å². The van der Waals surface area contributed by atoms with Crippen LogP contribution in [0.4, 0.5) is 0 Å². The minimum absolute atomic E-state index is 0.271. The van der Waals surface area contributed by atoms with Crippen LogP contribution in [0.2, 0.25) is 0 Å². The average Bonchev–Trinajstić information content (AvgIpc) is 3.49. The van der Waals surface area contributed by atoms with Crippen molar-refractivity contribution in [2.45, 2.75) is 25.3 Å². The van der Waals surface area contributed by atoms with Crippen LogP contribution in [0, 0.1) is 5.92 Å². The Morgan fingerprint density at radius 3 is 2.75 bits per heavy atom. The third-order valence-electron chi connectivity index (χ3n) is 7.37. The van der Waals surface area contributed by atoms with Crippen LogP contribution < -0.4 is 25.5 Å². The van der Waals surface area contributed by atoms with Crippen LogP contribution >= 0.6 is 11.3 Å². The van der Waals surface area contributed by atoms with Gasteiger partial charge in [-0.3, -0.25) is 14.3 Å². The number of nitrogens with zero attached hydrogens (tertiary/aromatic N) is 3. The summed E-state index contributed by atoms with van der Waals surface area (Å²) in [5.41, 5.74) is 1.59. The summed E-state index contributed by atoms with van der Waals surface area (Å²) in [6.07, 6.45) is 3.25. The fraction of sp³-hybridized carbons (Fsp3) is 0.423. The van der Waals surface area contributed by atoms with E-state index in [9.17, 15) is 9.59 Å². The molecule has 3 aromatic heterocycles. The highest BCUT2D eigenvalue weighted by Crippen LogP contribution is 2.46. The number of aromatic amines is 1. The molecule has 0 amide bonds. The van der Waals surface area contributed by atoms with E-state index in [1.807, 2.05) is 18.2 Å². The second-order valence-corrected chi connectivity index (χ2v) is 10.4. The van der Waals surface area contributed by atoms with Crippen LogP contribution in [0.25, 0.3) is 20.4 Å². The molecule has 36 heavy (non-hydrogen) atoms. The van der Waals surface area contributed by atoms with Gasteiger partial charge in [0.1, 0.15) is 27.5 Å². The predicted molar refractivity (Wildman–Crippen MR) is 139 cm³/mol. The molecule has 4 aromatic rings. The summed E-state index contributed by atoms with van der Waals surface area (Å²) in [6.45, 7) is 3.95. The highest BCUT2D eigenvalue weighted by molar-refractivity contribution is 7.26. The number of hydrogen-bond acceptors (Lipinski definition) is 8. The van der Waals surface area contributed by atoms with Crippen LogP contribution in [-0.2, 0) is 6.54 Å². The van der Waals surface area contributed by atoms with Crippen molar-refractivity contribution in [1.29, 1.82) is 0 Å². The van der Waals surface area contributed by atoms with Crippen molar-refractivity contribution >= 4 is 31.8 Å². The zero-order chi connectivity index (χ0) is 24.8. The third kappa shape index (κ3) is 3.75. The summed E-state index contributed by atoms with van der Waals surface area (Å²) in [5.74, 6) is 3.31. The number of thiophene rings is 1. The van der Waals surface area contributed by atoms with E-state index in [1.165, 1.54) is 21.5 Å². The molecule has 0 spiro atoms. The molecule has 6 rings (SSSR count). The molecule has 9 nitrogen and oxygen atoms in total. The molecule has 1 fully saturated rings. The molecular weight excluding hydrogens is 480 g/mol. The van der Waals surface area contributed by atoms with Gasteiger partial charge in [0, 0.05) is 43.2 Å². The highest BCUT2D eigenvalue weighted by Gasteiger charge is 2.40. The number of aromatic nitrogens is 3. The number of benzene rings is 1. The van der Waals surface area contributed by atoms with Crippen molar-refractivity contribution in [3.05, 3.63) is 56.9 Å². The molecule has 2 aliphatic rings. The number of unbranched alkanes of at least 4 members (excludes halogenated alkanes) is 1. The fourth-order valence-corrected chi connectivity index (χ4v) is 6.78. The Labute approximate surface area is 211 Å². The van der Waals surface area contributed by atoms with Crippen molar-refractivity contribution < 1.29 is 14.2 Å². The minimum Gasteiger partial charge on any atom is -0.496 e. The Balaban J connectivity index is 1.14. The largest absolute Gasteiger partial charge is 0.496 e. The van der Waals surface area contributed by atoms with Gasteiger partial charge in [-0.2, -0.15) is 0 Å². The number of fused-ring (bicyclic) bond motifs is 6. The summed E-state index contributed by atoms with van der Waals surface area (Å²) >= 11 is 1.31. The Morgan fingerprint density at radius 2 is 1.92 bits per heavy atom. The van der Waals surface area contributed by atoms with Crippen LogP contribution in [0.15, 0.2) is 40.1 Å². The second kappa shape index (κ2) is 9.25. The number of methoxy groups -OCH3 is 2. The highest BCUT2D eigenvalue weighted by atomic mass is 32.1. The maximum Gasteiger partial charge on any atom is 0.328 e. The van der Waals surface area contributed by atoms with Crippen LogP contribution in [-0.4, -0.2) is 59.9 Å². The van der Waals surface area contributed by atoms with Crippen molar-refractivity contribution in [2.24, 2.45) is 5.92 Å². The van der Waals surface area contributed by atoms with Crippen molar-refractivity contribution in [1.82, 2.24) is 19.4 Å². The van der Waals surface area contributed by atoms with Gasteiger partial charge < -0.3 is 24.1 Å². The smallest absolute Gasteiger partial charge is 0.328 e. The maximum atomic E-state index is 13.2. The molecule has 2 aliphatic heterocycles. The third-order valence-corrected chi connectivity index (χ3v) is 8.55. The lowest BCUT2D eigenvalue weighted by molar-refractivity contribution is 0.209. The number of nitrogens with one attached hydrogen (secondary N) is 1. The average molecular weight is 509 g/mol. The van der Waals surface area contributed by atoms with Crippen molar-refractivity contribution in [3.63, 3.8) is 0 Å². The molecule has 5 heterocycles. The lowest BCUT2D eigenvalue weighted by Gasteiger charge is -2.29. The summed E-state index contributed by atoms with van der Waals surface area (Å²) in [6, 6.07) is 7.74. The Kier molecular flexibility index (Phi) is 5.93. The Morgan fingerprint density at radius 1 is 1.08 bits per heavy atom. The van der Waals surface area contributed by atoms with Gasteiger partial charge in [0.15, 0.2) is 0 Å². The van der Waals surface area contributed by atoms with E-state index in [4.69, 9.17) is 14.2 Å². The van der Waals surface area contributed by atoms with Gasteiger partial charge in [0.25, 0.3) is 5.56 Å². The Bertz CT molecular complexity index is 1540. The Hall–Kier alpha value is -3.37. The monoisotopic (exact) mass is 508 g/mol. The molecule has 188 valence electrons. The number of ether oxygens (including phenoxy) is 3. The lowest BCUT2D eigenvalue weighted by Crippen LogP contribution is -2.34. The molecule has 10 heteroatoms. The van der Waals surface area contributed by atoms with Crippen LogP contribution in [0.3, 0.4) is 0 Å². The molecule has 1 N–H and O–H groups in total. The first-order valence-corrected chi connectivity index (χ1v) is 13.0.